The number of nitrogens with one attached hydrogen (secondary N) is 2. The molecule has 18 heavy (non-hydrogen) atoms. The number of nitrogens with zero attached hydrogens (tertiary/aromatic N) is 1. The number of H-pyrrole nitrogens is 1. The third-order valence-electron chi connectivity index (χ3n) is 2.96. The van der Waals surface area contributed by atoms with Gasteiger partial charge in [-0.15, -0.1) is 0 Å². The fourth-order valence-corrected chi connectivity index (χ4v) is 1.87. The van der Waals surface area contributed by atoms with Gasteiger partial charge in [0, 0.05) is 5.39 Å². The van der Waals surface area contributed by atoms with Crippen LogP contribution in [0.25, 0.3) is 10.9 Å². The second-order valence-corrected chi connectivity index (χ2v) is 4.25. The molecule has 0 radical (unpaired) electrons. The van der Waals surface area contributed by atoms with Crippen LogP contribution in [0.2, 0.25) is 0 Å². The maximum absolute atomic E-state index is 11.8. The summed E-state index contributed by atoms with van der Waals surface area (Å²) in [6, 6.07) is 7.49. The summed E-state index contributed by atoms with van der Waals surface area (Å²) in [5.74, 6) is -0.106. The zero-order valence-corrected chi connectivity index (χ0v) is 10.3. The molecular formula is C13H17N3O2. The minimum atomic E-state index is -0.174. The van der Waals surface area contributed by atoms with E-state index in [1.807, 2.05) is 31.2 Å². The smallest absolute Gasteiger partial charge is 0.226 e. The number of fused-ring (bicyclic) bond motifs is 1. The Kier molecular flexibility index (Phi) is 3.94. The van der Waals surface area contributed by atoms with Crippen molar-refractivity contribution in [2.45, 2.75) is 25.8 Å². The molecule has 3 N–H and O–H groups in total. The van der Waals surface area contributed by atoms with Crippen LogP contribution in [0.3, 0.4) is 0 Å². The Bertz CT molecular complexity index is 532. The van der Waals surface area contributed by atoms with Crippen molar-refractivity contribution in [3.05, 3.63) is 30.0 Å². The molecule has 2 aromatic rings. The zero-order valence-electron chi connectivity index (χ0n) is 10.3. The fraction of sp³-hybridized carbons (Fsp3) is 0.385. The Morgan fingerprint density at radius 3 is 3.00 bits per heavy atom. The van der Waals surface area contributed by atoms with E-state index in [-0.39, 0.29) is 25.0 Å². The van der Waals surface area contributed by atoms with E-state index in [9.17, 15) is 4.79 Å². The van der Waals surface area contributed by atoms with E-state index in [1.165, 1.54) is 0 Å². The van der Waals surface area contributed by atoms with Crippen LogP contribution in [-0.2, 0) is 11.2 Å². The number of carbonyl (C=O) groups is 1. The molecule has 0 saturated carbocycles. The van der Waals surface area contributed by atoms with E-state index in [0.717, 1.165) is 16.6 Å². The van der Waals surface area contributed by atoms with Gasteiger partial charge in [-0.05, 0) is 12.5 Å². The van der Waals surface area contributed by atoms with Crippen molar-refractivity contribution in [2.24, 2.45) is 0 Å². The second kappa shape index (κ2) is 5.64. The van der Waals surface area contributed by atoms with Crippen molar-refractivity contribution in [2.75, 3.05) is 6.61 Å². The third kappa shape index (κ3) is 2.68. The average molecular weight is 247 g/mol. The average Bonchev–Trinajstić information content (AvgIpc) is 2.79. The number of aromatic amines is 1. The number of aliphatic hydroxyl groups is 1. The van der Waals surface area contributed by atoms with Crippen LogP contribution in [0, 0.1) is 0 Å². The Morgan fingerprint density at radius 2 is 2.28 bits per heavy atom. The molecule has 1 aromatic heterocycles. The predicted molar refractivity (Wildman–Crippen MR) is 69.1 cm³/mol. The van der Waals surface area contributed by atoms with Gasteiger partial charge in [0.1, 0.15) is 0 Å². The molecule has 0 fully saturated rings. The molecule has 2 rings (SSSR count). The Labute approximate surface area is 105 Å². The van der Waals surface area contributed by atoms with Crippen molar-refractivity contribution in [1.82, 2.24) is 15.5 Å². The van der Waals surface area contributed by atoms with E-state index in [1.54, 1.807) is 0 Å². The first kappa shape index (κ1) is 12.6. The van der Waals surface area contributed by atoms with Crippen LogP contribution in [0.1, 0.15) is 19.0 Å². The third-order valence-corrected chi connectivity index (χ3v) is 2.96. The van der Waals surface area contributed by atoms with Gasteiger partial charge in [0.25, 0.3) is 0 Å². The molecule has 0 aliphatic rings. The first-order valence-corrected chi connectivity index (χ1v) is 6.06. The van der Waals surface area contributed by atoms with Gasteiger partial charge in [-0.25, -0.2) is 0 Å². The normalized spacial score (nSPS) is 12.6. The number of para-hydroxylation sites is 1. The largest absolute Gasteiger partial charge is 0.394 e. The lowest BCUT2D eigenvalue weighted by atomic mass is 10.1. The molecule has 1 unspecified atom stereocenters. The number of hydrogen-bond donors (Lipinski definition) is 3. The number of hydrogen-bond acceptors (Lipinski definition) is 3. The lowest BCUT2D eigenvalue weighted by Gasteiger charge is -2.13. The highest BCUT2D eigenvalue weighted by Gasteiger charge is 2.12. The molecule has 5 nitrogen and oxygen atoms in total. The van der Waals surface area contributed by atoms with Crippen molar-refractivity contribution in [3.8, 4) is 0 Å². The molecule has 1 atom stereocenters. The molecule has 1 amide bonds. The van der Waals surface area contributed by atoms with Gasteiger partial charge in [0.2, 0.25) is 5.91 Å². The van der Waals surface area contributed by atoms with Crippen LogP contribution in [-0.4, -0.2) is 33.9 Å². The van der Waals surface area contributed by atoms with Gasteiger partial charge in [0.05, 0.1) is 30.3 Å². The highest BCUT2D eigenvalue weighted by atomic mass is 16.3. The molecule has 0 aliphatic carbocycles. The summed E-state index contributed by atoms with van der Waals surface area (Å²) >= 11 is 0. The second-order valence-electron chi connectivity index (χ2n) is 4.25. The van der Waals surface area contributed by atoms with Gasteiger partial charge in [-0.2, -0.15) is 5.10 Å². The molecule has 96 valence electrons. The lowest BCUT2D eigenvalue weighted by Crippen LogP contribution is -2.37. The highest BCUT2D eigenvalue weighted by molar-refractivity contribution is 5.87. The number of rotatable bonds is 5. The first-order valence-electron chi connectivity index (χ1n) is 6.06. The van der Waals surface area contributed by atoms with Crippen molar-refractivity contribution in [3.63, 3.8) is 0 Å². The predicted octanol–water partition coefficient (Wildman–Crippen LogP) is 0.992. The maximum atomic E-state index is 11.8. The Hall–Kier alpha value is -1.88. The maximum Gasteiger partial charge on any atom is 0.226 e. The number of carbonyl (C=O) groups excluding carboxylic acids is 1. The number of aliphatic hydroxyl groups excluding tert-OH is 1. The summed E-state index contributed by atoms with van der Waals surface area (Å²) in [6.45, 7) is 1.89. The number of amides is 1. The summed E-state index contributed by atoms with van der Waals surface area (Å²) in [4.78, 5) is 11.8. The standard InChI is InChI=1S/C13H17N3O2/c1-2-9(8-17)14-13(18)7-12-10-5-3-4-6-11(10)15-16-12/h3-6,9,17H,2,7-8H2,1H3,(H,14,18)(H,15,16). The van der Waals surface area contributed by atoms with Gasteiger partial charge in [-0.3, -0.25) is 9.89 Å². The molecule has 5 heteroatoms. The number of aromatic nitrogens is 2. The summed E-state index contributed by atoms with van der Waals surface area (Å²) in [7, 11) is 0. The Morgan fingerprint density at radius 1 is 1.50 bits per heavy atom. The van der Waals surface area contributed by atoms with Crippen LogP contribution < -0.4 is 5.32 Å². The van der Waals surface area contributed by atoms with Crippen molar-refractivity contribution in [1.29, 1.82) is 0 Å². The summed E-state index contributed by atoms with van der Waals surface area (Å²) in [5.41, 5.74) is 1.66. The van der Waals surface area contributed by atoms with Crippen LogP contribution >= 0.6 is 0 Å². The van der Waals surface area contributed by atoms with Gasteiger partial charge >= 0.3 is 0 Å². The van der Waals surface area contributed by atoms with Gasteiger partial charge in [-0.1, -0.05) is 25.1 Å². The topological polar surface area (TPSA) is 78.0 Å². The van der Waals surface area contributed by atoms with E-state index < -0.39 is 0 Å². The molecule has 0 spiro atoms. The highest BCUT2D eigenvalue weighted by Crippen LogP contribution is 2.15. The van der Waals surface area contributed by atoms with E-state index >= 15 is 0 Å². The van der Waals surface area contributed by atoms with Crippen molar-refractivity contribution < 1.29 is 9.90 Å². The fourth-order valence-electron chi connectivity index (χ4n) is 1.87. The monoisotopic (exact) mass is 247 g/mol. The van der Waals surface area contributed by atoms with E-state index in [4.69, 9.17) is 5.11 Å². The van der Waals surface area contributed by atoms with Crippen LogP contribution in [0.5, 0.6) is 0 Å². The summed E-state index contributed by atoms with van der Waals surface area (Å²) < 4.78 is 0. The minimum absolute atomic E-state index is 0.0358. The SMILES string of the molecule is CCC(CO)NC(=O)Cc1[nH]nc2ccccc12. The first-order chi connectivity index (χ1) is 8.74. The van der Waals surface area contributed by atoms with Crippen molar-refractivity contribution >= 4 is 16.8 Å². The lowest BCUT2D eigenvalue weighted by molar-refractivity contribution is -0.121. The molecule has 1 heterocycles. The van der Waals surface area contributed by atoms with Gasteiger partial charge in [0.15, 0.2) is 0 Å². The minimum Gasteiger partial charge on any atom is -0.394 e. The van der Waals surface area contributed by atoms with Gasteiger partial charge < -0.3 is 10.4 Å². The van der Waals surface area contributed by atoms with Crippen LogP contribution in [0.15, 0.2) is 24.3 Å². The van der Waals surface area contributed by atoms with E-state index in [0.29, 0.717) is 6.42 Å². The molecule has 0 saturated heterocycles. The Balaban J connectivity index is 2.07. The quantitative estimate of drug-likeness (QED) is 0.737. The molecule has 1 aromatic carbocycles. The molecule has 0 aliphatic heterocycles. The summed E-state index contributed by atoms with van der Waals surface area (Å²) in [6.07, 6.45) is 0.961. The molecule has 0 bridgehead atoms. The number of benzene rings is 1. The van der Waals surface area contributed by atoms with E-state index in [2.05, 4.69) is 15.5 Å². The zero-order chi connectivity index (χ0) is 13.0. The summed E-state index contributed by atoms with van der Waals surface area (Å²) in [5, 5.41) is 19.8. The molecular weight excluding hydrogens is 230 g/mol. The van der Waals surface area contributed by atoms with Crippen LogP contribution in [0.4, 0.5) is 0 Å².